The van der Waals surface area contributed by atoms with E-state index in [0.717, 1.165) is 58.2 Å². The first-order valence-electron chi connectivity index (χ1n) is 10.8. The number of carbonyl (C=O) groups is 2. The van der Waals surface area contributed by atoms with Gasteiger partial charge in [-0.05, 0) is 96.6 Å². The van der Waals surface area contributed by atoms with E-state index in [1.165, 1.54) is 12.8 Å². The van der Waals surface area contributed by atoms with Crippen molar-refractivity contribution in [3.05, 3.63) is 0 Å². The zero-order chi connectivity index (χ0) is 20.4. The molecule has 0 unspecified atom stereocenters. The lowest BCUT2D eigenvalue weighted by molar-refractivity contribution is -0.00678. The van der Waals surface area contributed by atoms with Crippen LogP contribution in [0.15, 0.2) is 0 Å². The Hall–Kier alpha value is -1.50. The summed E-state index contributed by atoms with van der Waals surface area (Å²) in [6, 6.07) is 0.404. The van der Waals surface area contributed by atoms with Crippen LogP contribution >= 0.6 is 0 Å². The quantitative estimate of drug-likeness (QED) is 0.677. The summed E-state index contributed by atoms with van der Waals surface area (Å²) in [6.45, 7) is 9.10. The molecule has 1 heterocycles. The van der Waals surface area contributed by atoms with Crippen molar-refractivity contribution >= 4 is 12.2 Å². The second-order valence-corrected chi connectivity index (χ2v) is 10.2. The van der Waals surface area contributed by atoms with Crippen LogP contribution in [0.3, 0.4) is 0 Å². The SMILES string of the molecule is CC(C)(C)OC(=O)NC1CC2(CCN(C[C@H]3CC[C@H](NC(=O)O)CC3)CC2)C1. The van der Waals surface area contributed by atoms with E-state index in [2.05, 4.69) is 15.5 Å². The Labute approximate surface area is 168 Å². The maximum atomic E-state index is 11.9. The molecule has 7 heteroatoms. The summed E-state index contributed by atoms with van der Waals surface area (Å²) < 4.78 is 5.35. The zero-order valence-corrected chi connectivity index (χ0v) is 17.6. The number of nitrogens with zero attached hydrogens (tertiary/aromatic N) is 1. The summed E-state index contributed by atoms with van der Waals surface area (Å²) in [6.07, 6.45) is 7.56. The number of piperidine rings is 1. The molecule has 0 atom stereocenters. The van der Waals surface area contributed by atoms with Crippen molar-refractivity contribution in [2.75, 3.05) is 19.6 Å². The summed E-state index contributed by atoms with van der Waals surface area (Å²) >= 11 is 0. The summed E-state index contributed by atoms with van der Waals surface area (Å²) in [5.74, 6) is 0.698. The topological polar surface area (TPSA) is 90.9 Å². The first-order valence-corrected chi connectivity index (χ1v) is 10.8. The van der Waals surface area contributed by atoms with E-state index in [9.17, 15) is 9.59 Å². The van der Waals surface area contributed by atoms with Crippen LogP contribution in [-0.2, 0) is 4.74 Å². The van der Waals surface area contributed by atoms with Gasteiger partial charge in [0.2, 0.25) is 0 Å². The largest absolute Gasteiger partial charge is 0.465 e. The molecule has 3 rings (SSSR count). The molecule has 0 aromatic carbocycles. The molecule has 2 amide bonds. The molecule has 1 aliphatic heterocycles. The maximum absolute atomic E-state index is 11.9. The molecule has 3 aliphatic rings. The molecule has 0 radical (unpaired) electrons. The van der Waals surface area contributed by atoms with Gasteiger partial charge in [0, 0.05) is 18.6 Å². The normalized spacial score (nSPS) is 28.4. The van der Waals surface area contributed by atoms with E-state index in [4.69, 9.17) is 9.84 Å². The molecular weight excluding hydrogens is 358 g/mol. The van der Waals surface area contributed by atoms with E-state index in [0.29, 0.717) is 11.3 Å². The Bertz CT molecular complexity index is 550. The molecule has 2 aliphatic carbocycles. The second kappa shape index (κ2) is 8.47. The van der Waals surface area contributed by atoms with Gasteiger partial charge in [-0.15, -0.1) is 0 Å². The molecule has 0 bridgehead atoms. The third kappa shape index (κ3) is 6.00. The van der Waals surface area contributed by atoms with Gasteiger partial charge >= 0.3 is 12.2 Å². The van der Waals surface area contributed by atoms with E-state index < -0.39 is 11.7 Å². The number of carbonyl (C=O) groups excluding carboxylic acids is 1. The monoisotopic (exact) mass is 395 g/mol. The molecule has 0 aromatic rings. The van der Waals surface area contributed by atoms with Crippen molar-refractivity contribution in [1.82, 2.24) is 15.5 Å². The van der Waals surface area contributed by atoms with Crippen molar-refractivity contribution in [2.24, 2.45) is 11.3 Å². The van der Waals surface area contributed by atoms with Crippen molar-refractivity contribution in [3.8, 4) is 0 Å². The van der Waals surface area contributed by atoms with Crippen molar-refractivity contribution in [1.29, 1.82) is 0 Å². The van der Waals surface area contributed by atoms with Gasteiger partial charge in [-0.2, -0.15) is 0 Å². The zero-order valence-electron chi connectivity index (χ0n) is 17.6. The fourth-order valence-corrected chi connectivity index (χ4v) is 5.21. The summed E-state index contributed by atoms with van der Waals surface area (Å²) in [4.78, 5) is 25.3. The molecule has 2 saturated carbocycles. The van der Waals surface area contributed by atoms with Crippen molar-refractivity contribution in [3.63, 3.8) is 0 Å². The lowest BCUT2D eigenvalue weighted by Gasteiger charge is -2.52. The highest BCUT2D eigenvalue weighted by molar-refractivity contribution is 5.68. The molecule has 28 heavy (non-hydrogen) atoms. The summed E-state index contributed by atoms with van der Waals surface area (Å²) in [5, 5.41) is 14.5. The van der Waals surface area contributed by atoms with Gasteiger partial charge in [0.25, 0.3) is 0 Å². The standard InChI is InChI=1S/C21H37N3O4/c1-20(2,3)28-19(27)23-17-12-21(13-17)8-10-24(11-9-21)14-15-4-6-16(7-5-15)22-18(25)26/h15-17,22H,4-14H2,1-3H3,(H,23,27)(H,25,26)/t15-,16-. The van der Waals surface area contributed by atoms with Crippen molar-refractivity contribution < 1.29 is 19.4 Å². The van der Waals surface area contributed by atoms with Crippen LogP contribution in [0.1, 0.15) is 72.1 Å². The first kappa shape index (κ1) is 21.2. The van der Waals surface area contributed by atoms with E-state index >= 15 is 0 Å². The average molecular weight is 396 g/mol. The molecular formula is C21H37N3O4. The highest BCUT2D eigenvalue weighted by Gasteiger charge is 2.46. The van der Waals surface area contributed by atoms with Gasteiger partial charge in [0.05, 0.1) is 0 Å². The van der Waals surface area contributed by atoms with Gasteiger partial charge in [-0.1, -0.05) is 0 Å². The average Bonchev–Trinajstić information content (AvgIpc) is 2.55. The number of ether oxygens (including phenoxy) is 1. The van der Waals surface area contributed by atoms with Crippen LogP contribution < -0.4 is 10.6 Å². The van der Waals surface area contributed by atoms with Crippen LogP contribution in [0.25, 0.3) is 0 Å². The number of nitrogens with one attached hydrogen (secondary N) is 2. The van der Waals surface area contributed by atoms with E-state index in [1.807, 2.05) is 20.8 Å². The van der Waals surface area contributed by atoms with Crippen LogP contribution in [0.4, 0.5) is 9.59 Å². The number of rotatable bonds is 4. The van der Waals surface area contributed by atoms with Crippen LogP contribution in [0, 0.1) is 11.3 Å². The number of hydrogen-bond acceptors (Lipinski definition) is 4. The minimum atomic E-state index is -0.898. The van der Waals surface area contributed by atoms with Crippen LogP contribution in [-0.4, -0.2) is 59.5 Å². The molecule has 160 valence electrons. The predicted molar refractivity (Wildman–Crippen MR) is 107 cm³/mol. The fourth-order valence-electron chi connectivity index (χ4n) is 5.21. The Morgan fingerprint density at radius 2 is 1.64 bits per heavy atom. The lowest BCUT2D eigenvalue weighted by atomic mass is 9.60. The molecule has 0 aromatic heterocycles. The number of alkyl carbamates (subject to hydrolysis) is 1. The lowest BCUT2D eigenvalue weighted by Crippen LogP contribution is -2.55. The minimum Gasteiger partial charge on any atom is -0.465 e. The Kier molecular flexibility index (Phi) is 6.42. The number of likely N-dealkylation sites (tertiary alicyclic amines) is 1. The molecule has 7 nitrogen and oxygen atoms in total. The molecule has 3 N–H and O–H groups in total. The van der Waals surface area contributed by atoms with Crippen LogP contribution in [0.2, 0.25) is 0 Å². The summed E-state index contributed by atoms with van der Waals surface area (Å²) in [5.41, 5.74) is -0.0288. The smallest absolute Gasteiger partial charge is 0.407 e. The Morgan fingerprint density at radius 1 is 1.04 bits per heavy atom. The highest BCUT2D eigenvalue weighted by Crippen LogP contribution is 2.49. The Morgan fingerprint density at radius 3 is 2.18 bits per heavy atom. The molecule has 1 spiro atoms. The number of amides is 2. The second-order valence-electron chi connectivity index (χ2n) is 10.2. The number of hydrogen-bond donors (Lipinski definition) is 3. The molecule has 1 saturated heterocycles. The van der Waals surface area contributed by atoms with Gasteiger partial charge < -0.3 is 25.4 Å². The first-order chi connectivity index (χ1) is 13.1. The minimum absolute atomic E-state index is 0.141. The number of carboxylic acid groups (broad SMARTS) is 1. The summed E-state index contributed by atoms with van der Waals surface area (Å²) in [7, 11) is 0. The fraction of sp³-hybridized carbons (Fsp3) is 0.905. The maximum Gasteiger partial charge on any atom is 0.407 e. The Balaban J connectivity index is 1.32. The van der Waals surface area contributed by atoms with Gasteiger partial charge in [0.15, 0.2) is 0 Å². The van der Waals surface area contributed by atoms with Gasteiger partial charge in [0.1, 0.15) is 5.60 Å². The van der Waals surface area contributed by atoms with Crippen molar-refractivity contribution in [2.45, 2.75) is 89.8 Å². The molecule has 3 fully saturated rings. The predicted octanol–water partition coefficient (Wildman–Crippen LogP) is 3.58. The van der Waals surface area contributed by atoms with Crippen LogP contribution in [0.5, 0.6) is 0 Å². The van der Waals surface area contributed by atoms with Gasteiger partial charge in [-0.25, -0.2) is 9.59 Å². The van der Waals surface area contributed by atoms with E-state index in [-0.39, 0.29) is 18.2 Å². The highest BCUT2D eigenvalue weighted by atomic mass is 16.6. The van der Waals surface area contributed by atoms with E-state index in [1.54, 1.807) is 0 Å². The third-order valence-corrected chi connectivity index (χ3v) is 6.69. The van der Waals surface area contributed by atoms with Gasteiger partial charge in [-0.3, -0.25) is 0 Å². The third-order valence-electron chi connectivity index (χ3n) is 6.69.